The molecule has 1 aromatic rings. The van der Waals surface area contributed by atoms with E-state index in [0.29, 0.717) is 0 Å². The van der Waals surface area contributed by atoms with Gasteiger partial charge in [-0.2, -0.15) is 0 Å². The van der Waals surface area contributed by atoms with E-state index in [4.69, 9.17) is 0 Å². The van der Waals surface area contributed by atoms with Gasteiger partial charge >= 0.3 is 0 Å². The standard InChI is InChI=1S/C14H16O/c1-3-5-6-13(4-2)14-9-7-12(11-15)8-10-14/h3,5-11H,4H2,1-2H3/b5-3-,13-6+. The molecule has 1 aromatic carbocycles. The summed E-state index contributed by atoms with van der Waals surface area (Å²) in [6.45, 7) is 4.13. The molecule has 0 saturated carbocycles. The van der Waals surface area contributed by atoms with Crippen LogP contribution in [0.5, 0.6) is 0 Å². The van der Waals surface area contributed by atoms with Crippen molar-refractivity contribution in [2.45, 2.75) is 20.3 Å². The Bertz CT molecular complexity index is 369. The lowest BCUT2D eigenvalue weighted by atomic mass is 10.0. The van der Waals surface area contributed by atoms with Crippen molar-refractivity contribution in [1.29, 1.82) is 0 Å². The molecule has 0 N–H and O–H groups in total. The minimum Gasteiger partial charge on any atom is -0.298 e. The summed E-state index contributed by atoms with van der Waals surface area (Å²) in [6.07, 6.45) is 8.01. The summed E-state index contributed by atoms with van der Waals surface area (Å²) in [4.78, 5) is 10.5. The summed E-state index contributed by atoms with van der Waals surface area (Å²) in [5.41, 5.74) is 3.19. The first-order chi connectivity index (χ1) is 7.31. The zero-order chi connectivity index (χ0) is 11.1. The maximum Gasteiger partial charge on any atom is 0.150 e. The van der Waals surface area contributed by atoms with E-state index in [1.54, 1.807) is 0 Å². The SMILES string of the molecule is C/C=C\C=C(/CC)c1ccc(C=O)cc1. The van der Waals surface area contributed by atoms with Crippen LogP contribution >= 0.6 is 0 Å². The fourth-order valence-electron chi connectivity index (χ4n) is 1.41. The molecule has 0 spiro atoms. The van der Waals surface area contributed by atoms with E-state index in [9.17, 15) is 4.79 Å². The van der Waals surface area contributed by atoms with Crippen LogP contribution in [0.1, 0.15) is 36.2 Å². The lowest BCUT2D eigenvalue weighted by Gasteiger charge is -2.03. The van der Waals surface area contributed by atoms with Gasteiger partial charge in [0.05, 0.1) is 0 Å². The Morgan fingerprint density at radius 1 is 1.27 bits per heavy atom. The average molecular weight is 200 g/mol. The molecule has 0 atom stereocenters. The normalized spacial score (nSPS) is 12.0. The van der Waals surface area contributed by atoms with Crippen molar-refractivity contribution in [3.05, 3.63) is 53.6 Å². The van der Waals surface area contributed by atoms with Crippen LogP contribution < -0.4 is 0 Å². The molecule has 0 bridgehead atoms. The average Bonchev–Trinajstić information content (AvgIpc) is 2.31. The number of carbonyl (C=O) groups excluding carboxylic acids is 1. The maximum absolute atomic E-state index is 10.5. The van der Waals surface area contributed by atoms with Gasteiger partial charge in [0.15, 0.2) is 0 Å². The summed E-state index contributed by atoms with van der Waals surface area (Å²) >= 11 is 0. The molecule has 0 unspecified atom stereocenters. The van der Waals surface area contributed by atoms with E-state index in [-0.39, 0.29) is 0 Å². The zero-order valence-electron chi connectivity index (χ0n) is 9.23. The predicted octanol–water partition coefficient (Wildman–Crippen LogP) is 3.87. The van der Waals surface area contributed by atoms with Crippen LogP contribution in [0.4, 0.5) is 0 Å². The highest BCUT2D eigenvalue weighted by atomic mass is 16.1. The third-order valence-corrected chi connectivity index (χ3v) is 2.29. The number of rotatable bonds is 4. The Kier molecular flexibility index (Phi) is 4.55. The van der Waals surface area contributed by atoms with Crippen molar-refractivity contribution in [3.8, 4) is 0 Å². The number of hydrogen-bond donors (Lipinski definition) is 0. The quantitative estimate of drug-likeness (QED) is 0.532. The van der Waals surface area contributed by atoms with Gasteiger partial charge in [-0.25, -0.2) is 0 Å². The molecule has 78 valence electrons. The summed E-state index contributed by atoms with van der Waals surface area (Å²) in [6, 6.07) is 7.67. The van der Waals surface area contributed by atoms with Gasteiger partial charge < -0.3 is 0 Å². The van der Waals surface area contributed by atoms with E-state index in [1.807, 2.05) is 43.3 Å². The van der Waals surface area contributed by atoms with Crippen molar-refractivity contribution in [1.82, 2.24) is 0 Å². The Morgan fingerprint density at radius 2 is 1.93 bits per heavy atom. The van der Waals surface area contributed by atoms with Crippen LogP contribution in [-0.2, 0) is 0 Å². The van der Waals surface area contributed by atoms with Crippen molar-refractivity contribution >= 4 is 11.9 Å². The Hall–Kier alpha value is -1.63. The van der Waals surface area contributed by atoms with Gasteiger partial charge in [0, 0.05) is 5.56 Å². The third kappa shape index (κ3) is 3.21. The Labute approximate surface area is 91.1 Å². The molecule has 1 nitrogen and oxygen atoms in total. The monoisotopic (exact) mass is 200 g/mol. The molecular formula is C14H16O. The highest BCUT2D eigenvalue weighted by Gasteiger charge is 1.97. The lowest BCUT2D eigenvalue weighted by molar-refractivity contribution is 0.112. The minimum atomic E-state index is 0.722. The fourth-order valence-corrected chi connectivity index (χ4v) is 1.41. The Balaban J connectivity index is 2.97. The lowest BCUT2D eigenvalue weighted by Crippen LogP contribution is -1.84. The first-order valence-corrected chi connectivity index (χ1v) is 5.19. The van der Waals surface area contributed by atoms with Crippen LogP contribution in [0.2, 0.25) is 0 Å². The largest absolute Gasteiger partial charge is 0.298 e. The van der Waals surface area contributed by atoms with E-state index in [2.05, 4.69) is 13.0 Å². The molecule has 0 aliphatic rings. The van der Waals surface area contributed by atoms with Gasteiger partial charge in [0.25, 0.3) is 0 Å². The minimum absolute atomic E-state index is 0.722. The molecule has 1 rings (SSSR count). The van der Waals surface area contributed by atoms with Crippen molar-refractivity contribution in [2.24, 2.45) is 0 Å². The van der Waals surface area contributed by atoms with Gasteiger partial charge in [-0.1, -0.05) is 49.4 Å². The highest BCUT2D eigenvalue weighted by molar-refractivity contribution is 5.76. The predicted molar refractivity (Wildman–Crippen MR) is 64.9 cm³/mol. The van der Waals surface area contributed by atoms with Crippen LogP contribution in [0.25, 0.3) is 5.57 Å². The second-order valence-electron chi connectivity index (χ2n) is 3.31. The zero-order valence-corrected chi connectivity index (χ0v) is 9.23. The smallest absolute Gasteiger partial charge is 0.150 e. The molecule has 0 aromatic heterocycles. The van der Waals surface area contributed by atoms with E-state index < -0.39 is 0 Å². The number of hydrogen-bond acceptors (Lipinski definition) is 1. The Morgan fingerprint density at radius 3 is 2.40 bits per heavy atom. The maximum atomic E-state index is 10.5. The van der Waals surface area contributed by atoms with Gasteiger partial charge in [-0.05, 0) is 24.5 Å². The molecule has 0 aliphatic carbocycles. The molecular weight excluding hydrogens is 184 g/mol. The van der Waals surface area contributed by atoms with Gasteiger partial charge in [-0.15, -0.1) is 0 Å². The number of allylic oxidation sites excluding steroid dienone is 4. The summed E-state index contributed by atoms with van der Waals surface area (Å²) in [7, 11) is 0. The van der Waals surface area contributed by atoms with Crippen molar-refractivity contribution in [3.63, 3.8) is 0 Å². The second kappa shape index (κ2) is 5.97. The number of benzene rings is 1. The second-order valence-corrected chi connectivity index (χ2v) is 3.31. The molecule has 0 fully saturated rings. The molecule has 1 heteroatoms. The summed E-state index contributed by atoms with van der Waals surface area (Å²) in [5.74, 6) is 0. The first-order valence-electron chi connectivity index (χ1n) is 5.19. The number of carbonyl (C=O) groups is 1. The van der Waals surface area contributed by atoms with Crippen LogP contribution in [-0.4, -0.2) is 6.29 Å². The topological polar surface area (TPSA) is 17.1 Å². The summed E-state index contributed by atoms with van der Waals surface area (Å²) in [5, 5.41) is 0. The van der Waals surface area contributed by atoms with Gasteiger partial charge in [-0.3, -0.25) is 4.79 Å². The van der Waals surface area contributed by atoms with Crippen molar-refractivity contribution in [2.75, 3.05) is 0 Å². The van der Waals surface area contributed by atoms with Crippen LogP contribution in [0.3, 0.4) is 0 Å². The first kappa shape index (κ1) is 11.4. The molecule has 0 aliphatic heterocycles. The molecule has 0 saturated heterocycles. The van der Waals surface area contributed by atoms with E-state index in [0.717, 1.165) is 18.3 Å². The number of aldehydes is 1. The molecule has 0 heterocycles. The molecule has 15 heavy (non-hydrogen) atoms. The van der Waals surface area contributed by atoms with Gasteiger partial charge in [0.2, 0.25) is 0 Å². The molecule has 0 radical (unpaired) electrons. The van der Waals surface area contributed by atoms with Crippen LogP contribution in [0.15, 0.2) is 42.5 Å². The van der Waals surface area contributed by atoms with Gasteiger partial charge in [0.1, 0.15) is 6.29 Å². The third-order valence-electron chi connectivity index (χ3n) is 2.29. The highest BCUT2D eigenvalue weighted by Crippen LogP contribution is 2.18. The van der Waals surface area contributed by atoms with E-state index in [1.165, 1.54) is 11.1 Å². The van der Waals surface area contributed by atoms with E-state index >= 15 is 0 Å². The fraction of sp³-hybridized carbons (Fsp3) is 0.214. The van der Waals surface area contributed by atoms with Crippen molar-refractivity contribution < 1.29 is 4.79 Å². The van der Waals surface area contributed by atoms with Crippen LogP contribution in [0, 0.1) is 0 Å². The molecule has 0 amide bonds. The summed E-state index contributed by atoms with van der Waals surface area (Å²) < 4.78 is 0.